The molecule has 1 aliphatic heterocycles. The van der Waals surface area contributed by atoms with Crippen molar-refractivity contribution in [3.8, 4) is 0 Å². The second kappa shape index (κ2) is 3.48. The Morgan fingerprint density at radius 3 is 2.67 bits per heavy atom. The molecule has 1 atom stereocenters. The molecule has 0 aliphatic carbocycles. The van der Waals surface area contributed by atoms with Gasteiger partial charge in [-0.25, -0.2) is 4.79 Å². The molecule has 0 aromatic rings. The Kier molecular flexibility index (Phi) is 2.59. The normalized spacial score (nSPS) is 21.3. The lowest BCUT2D eigenvalue weighted by Gasteiger charge is -2.07. The summed E-state index contributed by atoms with van der Waals surface area (Å²) < 4.78 is 0. The van der Waals surface area contributed by atoms with Gasteiger partial charge in [0.1, 0.15) is 5.70 Å². The van der Waals surface area contributed by atoms with Crippen LogP contribution in [0.5, 0.6) is 0 Å². The molecule has 0 saturated heterocycles. The minimum atomic E-state index is -1.06. The minimum absolute atomic E-state index is 0.0613. The molecule has 3 N–H and O–H groups in total. The van der Waals surface area contributed by atoms with Crippen molar-refractivity contribution < 1.29 is 19.8 Å². The molecule has 0 spiro atoms. The van der Waals surface area contributed by atoms with Crippen molar-refractivity contribution in [2.75, 3.05) is 0 Å². The lowest BCUT2D eigenvalue weighted by atomic mass is 10.4. The van der Waals surface area contributed by atoms with Crippen LogP contribution >= 0.6 is 11.8 Å². The predicted molar refractivity (Wildman–Crippen MR) is 42.5 cm³/mol. The molecule has 0 radical (unpaired) electrons. The molecular weight excluding hydrogens is 182 g/mol. The fourth-order valence-corrected chi connectivity index (χ4v) is 1.66. The van der Waals surface area contributed by atoms with E-state index in [1.54, 1.807) is 0 Å². The van der Waals surface area contributed by atoms with Crippen LogP contribution in [0.1, 0.15) is 6.42 Å². The first kappa shape index (κ1) is 8.92. The molecule has 6 heteroatoms. The fourth-order valence-electron chi connectivity index (χ4n) is 0.762. The van der Waals surface area contributed by atoms with E-state index in [-0.39, 0.29) is 17.5 Å². The summed E-state index contributed by atoms with van der Waals surface area (Å²) in [6.45, 7) is 0. The van der Waals surface area contributed by atoms with Crippen molar-refractivity contribution in [1.82, 2.24) is 5.32 Å². The fraction of sp³-hybridized carbons (Fsp3) is 0.333. The third-order valence-corrected chi connectivity index (χ3v) is 2.24. The number of thioether (sulfide) groups is 1. The molecule has 0 aromatic heterocycles. The van der Waals surface area contributed by atoms with Crippen molar-refractivity contribution in [2.24, 2.45) is 0 Å². The van der Waals surface area contributed by atoms with Crippen molar-refractivity contribution in [1.29, 1.82) is 0 Å². The zero-order chi connectivity index (χ0) is 9.14. The summed E-state index contributed by atoms with van der Waals surface area (Å²) in [6.07, 6.45) is -0.0854. The van der Waals surface area contributed by atoms with E-state index in [9.17, 15) is 9.59 Å². The summed E-state index contributed by atoms with van der Waals surface area (Å²) in [5, 5.41) is 20.5. The van der Waals surface area contributed by atoms with Crippen LogP contribution in [0.3, 0.4) is 0 Å². The van der Waals surface area contributed by atoms with Gasteiger partial charge in [0.2, 0.25) is 0 Å². The van der Waals surface area contributed by atoms with Crippen molar-refractivity contribution in [3.63, 3.8) is 0 Å². The molecule has 1 heterocycles. The van der Waals surface area contributed by atoms with Gasteiger partial charge in [-0.15, -0.1) is 11.8 Å². The molecule has 1 unspecified atom stereocenters. The highest BCUT2D eigenvalue weighted by atomic mass is 32.2. The van der Waals surface area contributed by atoms with Gasteiger partial charge in [-0.2, -0.15) is 0 Å². The van der Waals surface area contributed by atoms with E-state index < -0.39 is 11.9 Å². The van der Waals surface area contributed by atoms with Gasteiger partial charge in [-0.1, -0.05) is 0 Å². The number of hydrogen-bond donors (Lipinski definition) is 3. The quantitative estimate of drug-likeness (QED) is 0.581. The first-order valence-electron chi connectivity index (χ1n) is 3.17. The SMILES string of the molecule is O=C(O)CC1NC(C(=O)O)=CS1. The average Bonchev–Trinajstić information content (AvgIpc) is 2.34. The highest BCUT2D eigenvalue weighted by Crippen LogP contribution is 2.22. The van der Waals surface area contributed by atoms with Crippen molar-refractivity contribution in [2.45, 2.75) is 11.8 Å². The molecule has 0 bridgehead atoms. The second-order valence-electron chi connectivity index (χ2n) is 2.20. The van der Waals surface area contributed by atoms with E-state index in [4.69, 9.17) is 10.2 Å². The Morgan fingerprint density at radius 1 is 1.58 bits per heavy atom. The third kappa shape index (κ3) is 2.16. The number of carboxylic acids is 2. The topological polar surface area (TPSA) is 86.6 Å². The summed E-state index contributed by atoms with van der Waals surface area (Å²) in [5.41, 5.74) is 0.0613. The zero-order valence-corrected chi connectivity index (χ0v) is 6.80. The van der Waals surface area contributed by atoms with E-state index in [1.807, 2.05) is 0 Å². The van der Waals surface area contributed by atoms with Gasteiger partial charge >= 0.3 is 11.9 Å². The van der Waals surface area contributed by atoms with Crippen LogP contribution in [0.15, 0.2) is 11.1 Å². The lowest BCUT2D eigenvalue weighted by molar-refractivity contribution is -0.137. The van der Waals surface area contributed by atoms with Crippen LogP contribution in [0.2, 0.25) is 0 Å². The van der Waals surface area contributed by atoms with Gasteiger partial charge in [-0.05, 0) is 0 Å². The van der Waals surface area contributed by atoms with E-state index in [0.29, 0.717) is 0 Å². The molecule has 0 saturated carbocycles. The Bertz CT molecular complexity index is 250. The standard InChI is InChI=1S/C6H7NO4S/c8-5(9)1-4-7-3(2-12-4)6(10)11/h2,4,7H,1H2,(H,8,9)(H,10,11). The second-order valence-corrected chi connectivity index (χ2v) is 3.28. The van der Waals surface area contributed by atoms with Crippen LogP contribution in [0.4, 0.5) is 0 Å². The third-order valence-electron chi connectivity index (χ3n) is 1.26. The number of aliphatic carboxylic acids is 2. The molecular formula is C6H7NO4S. The molecule has 1 aliphatic rings. The van der Waals surface area contributed by atoms with Crippen LogP contribution in [-0.2, 0) is 9.59 Å². The van der Waals surface area contributed by atoms with Crippen LogP contribution in [0, 0.1) is 0 Å². The van der Waals surface area contributed by atoms with Gasteiger partial charge in [0.25, 0.3) is 0 Å². The van der Waals surface area contributed by atoms with E-state index >= 15 is 0 Å². The number of nitrogens with one attached hydrogen (secondary N) is 1. The highest BCUT2D eigenvalue weighted by molar-refractivity contribution is 8.03. The van der Waals surface area contributed by atoms with Crippen LogP contribution in [-0.4, -0.2) is 27.5 Å². The number of carbonyl (C=O) groups is 2. The molecule has 0 aromatic carbocycles. The van der Waals surface area contributed by atoms with Crippen molar-refractivity contribution >= 4 is 23.7 Å². The summed E-state index contributed by atoms with van der Waals surface area (Å²) in [7, 11) is 0. The highest BCUT2D eigenvalue weighted by Gasteiger charge is 2.22. The smallest absolute Gasteiger partial charge is 0.352 e. The monoisotopic (exact) mass is 189 g/mol. The Balaban J connectivity index is 2.41. The molecule has 0 amide bonds. The predicted octanol–water partition coefficient (Wildman–Crippen LogP) is 0.0496. The van der Waals surface area contributed by atoms with E-state index in [2.05, 4.69) is 5.32 Å². The lowest BCUT2D eigenvalue weighted by Crippen LogP contribution is -2.26. The Hall–Kier alpha value is -1.17. The molecule has 12 heavy (non-hydrogen) atoms. The number of rotatable bonds is 3. The largest absolute Gasteiger partial charge is 0.481 e. The van der Waals surface area contributed by atoms with E-state index in [0.717, 1.165) is 0 Å². The first-order chi connectivity index (χ1) is 5.59. The summed E-state index contributed by atoms with van der Waals surface area (Å²) in [6, 6.07) is 0. The van der Waals surface area contributed by atoms with Crippen LogP contribution < -0.4 is 5.32 Å². The molecule has 66 valence electrons. The van der Waals surface area contributed by atoms with Gasteiger partial charge in [-0.3, -0.25) is 4.79 Å². The average molecular weight is 189 g/mol. The van der Waals surface area contributed by atoms with Crippen molar-refractivity contribution in [3.05, 3.63) is 11.1 Å². The number of hydrogen-bond acceptors (Lipinski definition) is 4. The maximum Gasteiger partial charge on any atom is 0.352 e. The Labute approximate surface area is 72.5 Å². The molecule has 0 fully saturated rings. The maximum absolute atomic E-state index is 10.3. The Morgan fingerprint density at radius 2 is 2.25 bits per heavy atom. The first-order valence-corrected chi connectivity index (χ1v) is 4.11. The maximum atomic E-state index is 10.3. The minimum Gasteiger partial charge on any atom is -0.481 e. The molecule has 1 rings (SSSR count). The zero-order valence-electron chi connectivity index (χ0n) is 5.98. The summed E-state index contributed by atoms with van der Waals surface area (Å²) >= 11 is 1.17. The van der Waals surface area contributed by atoms with Gasteiger partial charge < -0.3 is 15.5 Å². The van der Waals surface area contributed by atoms with E-state index in [1.165, 1.54) is 17.2 Å². The summed E-state index contributed by atoms with van der Waals surface area (Å²) in [5.74, 6) is -2.00. The van der Waals surface area contributed by atoms with Gasteiger partial charge in [0.15, 0.2) is 0 Å². The number of carboxylic acid groups (broad SMARTS) is 2. The summed E-state index contributed by atoms with van der Waals surface area (Å²) in [4.78, 5) is 20.5. The van der Waals surface area contributed by atoms with Gasteiger partial charge in [0.05, 0.1) is 11.8 Å². The molecule has 5 nitrogen and oxygen atoms in total. The van der Waals surface area contributed by atoms with Gasteiger partial charge in [0, 0.05) is 5.41 Å². The van der Waals surface area contributed by atoms with Crippen LogP contribution in [0.25, 0.3) is 0 Å².